The van der Waals surface area contributed by atoms with Gasteiger partial charge in [0.1, 0.15) is 17.7 Å². The summed E-state index contributed by atoms with van der Waals surface area (Å²) >= 11 is 0. The first kappa shape index (κ1) is 21.8. The van der Waals surface area contributed by atoms with E-state index in [9.17, 15) is 4.79 Å². The lowest BCUT2D eigenvalue weighted by Crippen LogP contribution is -2.20. The van der Waals surface area contributed by atoms with Crippen molar-refractivity contribution in [2.75, 3.05) is 19.7 Å². The predicted octanol–water partition coefficient (Wildman–Crippen LogP) is 3.75. The van der Waals surface area contributed by atoms with Crippen LogP contribution in [-0.2, 0) is 16.0 Å². The van der Waals surface area contributed by atoms with E-state index in [4.69, 9.17) is 20.6 Å². The predicted molar refractivity (Wildman–Crippen MR) is 126 cm³/mol. The number of rotatable bonds is 8. The molecule has 0 bridgehead atoms. The van der Waals surface area contributed by atoms with Crippen LogP contribution in [0.1, 0.15) is 36.0 Å². The summed E-state index contributed by atoms with van der Waals surface area (Å²) in [6.07, 6.45) is 1.71. The van der Waals surface area contributed by atoms with E-state index in [1.807, 2.05) is 61.5 Å². The summed E-state index contributed by atoms with van der Waals surface area (Å²) in [5.74, 6) is 0.203. The molecule has 0 aromatic heterocycles. The van der Waals surface area contributed by atoms with Crippen molar-refractivity contribution in [2.45, 2.75) is 31.8 Å². The molecule has 6 heteroatoms. The molecule has 166 valence electrons. The van der Waals surface area contributed by atoms with Crippen LogP contribution in [0.25, 0.3) is 10.8 Å². The Morgan fingerprint density at radius 3 is 2.59 bits per heavy atom. The minimum Gasteiger partial charge on any atom is -0.489 e. The Morgan fingerprint density at radius 1 is 1.12 bits per heavy atom. The average molecular weight is 432 g/mol. The van der Waals surface area contributed by atoms with E-state index < -0.39 is 5.92 Å². The number of amidine groups is 1. The van der Waals surface area contributed by atoms with Gasteiger partial charge in [0, 0.05) is 12.1 Å². The average Bonchev–Trinajstić information content (AvgIpc) is 3.31. The Kier molecular flexibility index (Phi) is 6.71. The Balaban J connectivity index is 1.57. The zero-order valence-corrected chi connectivity index (χ0v) is 18.3. The van der Waals surface area contributed by atoms with Gasteiger partial charge in [-0.25, -0.2) is 0 Å². The molecule has 4 rings (SSSR count). The maximum absolute atomic E-state index is 12.8. The first-order valence-corrected chi connectivity index (χ1v) is 11.0. The summed E-state index contributed by atoms with van der Waals surface area (Å²) in [4.78, 5) is 12.8. The molecule has 1 saturated heterocycles. The van der Waals surface area contributed by atoms with Gasteiger partial charge in [-0.3, -0.25) is 10.2 Å². The van der Waals surface area contributed by atoms with Gasteiger partial charge in [0.15, 0.2) is 0 Å². The molecule has 0 aliphatic carbocycles. The van der Waals surface area contributed by atoms with Gasteiger partial charge in [-0.2, -0.15) is 0 Å². The number of esters is 1. The van der Waals surface area contributed by atoms with Gasteiger partial charge in [0.05, 0.1) is 12.5 Å². The minimum atomic E-state index is -0.411. The number of nitrogens with two attached hydrogens (primary N) is 1. The molecule has 1 aliphatic rings. The number of fused-ring (bicyclic) bond motifs is 1. The molecule has 3 aromatic carbocycles. The number of benzene rings is 3. The van der Waals surface area contributed by atoms with Crippen molar-refractivity contribution in [3.63, 3.8) is 0 Å². The summed E-state index contributed by atoms with van der Waals surface area (Å²) < 4.78 is 11.4. The molecule has 1 unspecified atom stereocenters. The van der Waals surface area contributed by atoms with E-state index >= 15 is 0 Å². The first-order chi connectivity index (χ1) is 15.5. The third kappa shape index (κ3) is 5.08. The minimum absolute atomic E-state index is 0.0393. The van der Waals surface area contributed by atoms with Crippen LogP contribution in [-0.4, -0.2) is 37.6 Å². The van der Waals surface area contributed by atoms with Crippen LogP contribution in [0.2, 0.25) is 0 Å². The number of hydrogen-bond donors (Lipinski definition) is 3. The van der Waals surface area contributed by atoms with Crippen molar-refractivity contribution in [1.82, 2.24) is 5.32 Å². The lowest BCUT2D eigenvalue weighted by Gasteiger charge is -2.18. The topological polar surface area (TPSA) is 97.4 Å². The molecule has 0 radical (unpaired) electrons. The number of nitrogen functional groups attached to an aromatic ring is 1. The maximum atomic E-state index is 12.8. The van der Waals surface area contributed by atoms with Crippen molar-refractivity contribution in [3.8, 4) is 5.75 Å². The molecule has 2 atom stereocenters. The molecule has 1 heterocycles. The molecule has 32 heavy (non-hydrogen) atoms. The van der Waals surface area contributed by atoms with E-state index in [-0.39, 0.29) is 17.9 Å². The highest BCUT2D eigenvalue weighted by Gasteiger charge is 2.23. The Labute approximate surface area is 188 Å². The fourth-order valence-electron chi connectivity index (χ4n) is 4.11. The van der Waals surface area contributed by atoms with Gasteiger partial charge in [-0.15, -0.1) is 0 Å². The van der Waals surface area contributed by atoms with Crippen LogP contribution in [0.3, 0.4) is 0 Å². The van der Waals surface area contributed by atoms with E-state index in [0.29, 0.717) is 18.6 Å². The number of nitrogens with one attached hydrogen (secondary N) is 2. The number of ether oxygens (including phenoxy) is 2. The Morgan fingerprint density at radius 2 is 1.91 bits per heavy atom. The first-order valence-electron chi connectivity index (χ1n) is 11.0. The summed E-state index contributed by atoms with van der Waals surface area (Å²) in [6.45, 7) is 4.00. The third-order valence-electron chi connectivity index (χ3n) is 5.83. The SMILES string of the molecule is CCOC(=O)C(Cc1ccc2ccc(C(=N)N)cc2c1)c1ccc(O[C@H]2CCNC2)cc1. The van der Waals surface area contributed by atoms with Crippen LogP contribution >= 0.6 is 0 Å². The highest BCUT2D eigenvalue weighted by atomic mass is 16.5. The molecule has 0 spiro atoms. The number of carbonyl (C=O) groups excluding carboxylic acids is 1. The fourth-order valence-corrected chi connectivity index (χ4v) is 4.11. The molecule has 0 amide bonds. The normalized spacial score (nSPS) is 16.6. The van der Waals surface area contributed by atoms with Crippen molar-refractivity contribution < 1.29 is 14.3 Å². The van der Waals surface area contributed by atoms with Gasteiger partial charge in [-0.05, 0) is 66.4 Å². The molecule has 0 saturated carbocycles. The quantitative estimate of drug-likeness (QED) is 0.287. The smallest absolute Gasteiger partial charge is 0.313 e. The lowest BCUT2D eigenvalue weighted by atomic mass is 9.91. The third-order valence-corrected chi connectivity index (χ3v) is 5.83. The summed E-state index contributed by atoms with van der Waals surface area (Å²) in [7, 11) is 0. The fraction of sp³-hybridized carbons (Fsp3) is 0.308. The van der Waals surface area contributed by atoms with E-state index in [1.165, 1.54) is 0 Å². The monoisotopic (exact) mass is 431 g/mol. The van der Waals surface area contributed by atoms with E-state index in [0.717, 1.165) is 47.2 Å². The molecule has 1 fully saturated rings. The second kappa shape index (κ2) is 9.83. The highest BCUT2D eigenvalue weighted by Crippen LogP contribution is 2.27. The molecule has 4 N–H and O–H groups in total. The van der Waals surface area contributed by atoms with E-state index in [1.54, 1.807) is 0 Å². The Hall–Kier alpha value is -3.38. The Bertz CT molecular complexity index is 1110. The summed E-state index contributed by atoms with van der Waals surface area (Å²) in [5, 5.41) is 13.0. The van der Waals surface area contributed by atoms with Gasteiger partial charge in [0.25, 0.3) is 0 Å². The van der Waals surface area contributed by atoms with Crippen molar-refractivity contribution in [2.24, 2.45) is 5.73 Å². The zero-order chi connectivity index (χ0) is 22.5. The van der Waals surface area contributed by atoms with Crippen LogP contribution in [0, 0.1) is 5.41 Å². The largest absolute Gasteiger partial charge is 0.489 e. The molecular formula is C26H29N3O3. The highest BCUT2D eigenvalue weighted by molar-refractivity contribution is 5.99. The maximum Gasteiger partial charge on any atom is 0.313 e. The van der Waals surface area contributed by atoms with Gasteiger partial charge < -0.3 is 20.5 Å². The van der Waals surface area contributed by atoms with Crippen molar-refractivity contribution in [1.29, 1.82) is 5.41 Å². The molecular weight excluding hydrogens is 402 g/mol. The second-order valence-electron chi connectivity index (χ2n) is 8.12. The van der Waals surface area contributed by atoms with Crippen LogP contribution in [0.15, 0.2) is 60.7 Å². The number of hydrogen-bond acceptors (Lipinski definition) is 5. The molecule has 1 aliphatic heterocycles. The summed E-state index contributed by atoms with van der Waals surface area (Å²) in [6, 6.07) is 19.6. The lowest BCUT2D eigenvalue weighted by molar-refractivity contribution is -0.144. The van der Waals surface area contributed by atoms with Crippen LogP contribution in [0.5, 0.6) is 5.75 Å². The molecule has 6 nitrogen and oxygen atoms in total. The zero-order valence-electron chi connectivity index (χ0n) is 18.3. The van der Waals surface area contributed by atoms with Gasteiger partial charge in [0.2, 0.25) is 0 Å². The standard InChI is InChI=1S/C26H29N3O3/c1-2-31-26(30)24(19-7-9-22(10-8-19)32-23-11-12-29-16-23)14-17-3-4-18-5-6-20(25(27)28)15-21(18)13-17/h3-10,13,15,23-24,29H,2,11-12,14,16H2,1H3,(H3,27,28)/t23-,24?/m0/s1. The van der Waals surface area contributed by atoms with Crippen LogP contribution < -0.4 is 15.8 Å². The van der Waals surface area contributed by atoms with Gasteiger partial charge >= 0.3 is 5.97 Å². The van der Waals surface area contributed by atoms with E-state index in [2.05, 4.69) is 11.4 Å². The van der Waals surface area contributed by atoms with Crippen LogP contribution in [0.4, 0.5) is 0 Å². The van der Waals surface area contributed by atoms with Gasteiger partial charge in [-0.1, -0.05) is 42.5 Å². The second-order valence-corrected chi connectivity index (χ2v) is 8.12. The van der Waals surface area contributed by atoms with Crippen molar-refractivity contribution in [3.05, 3.63) is 77.4 Å². The molecule has 3 aromatic rings. The van der Waals surface area contributed by atoms with Crippen molar-refractivity contribution >= 4 is 22.6 Å². The number of carbonyl (C=O) groups is 1. The summed E-state index contributed by atoms with van der Waals surface area (Å²) in [5.41, 5.74) is 8.25.